The molecule has 3 N–H and O–H groups in total. The fourth-order valence-corrected chi connectivity index (χ4v) is 2.46. The molecule has 0 aromatic carbocycles. The highest BCUT2D eigenvalue weighted by Gasteiger charge is 2.32. The third-order valence-electron chi connectivity index (χ3n) is 3.48. The number of nitrogens with one attached hydrogen (secondary N) is 2. The van der Waals surface area contributed by atoms with Gasteiger partial charge in [-0.2, -0.15) is 0 Å². The lowest BCUT2D eigenvalue weighted by Crippen LogP contribution is -2.34. The Morgan fingerprint density at radius 2 is 2.20 bits per heavy atom. The molecule has 1 aromatic heterocycles. The molecule has 3 heteroatoms. The average Bonchev–Trinajstić information content (AvgIpc) is 2.89. The van der Waals surface area contributed by atoms with E-state index >= 15 is 0 Å². The maximum Gasteiger partial charge on any atom is 0.0499 e. The molecule has 15 heavy (non-hydrogen) atoms. The van der Waals surface area contributed by atoms with Crippen LogP contribution in [0.5, 0.6) is 0 Å². The molecule has 3 nitrogen and oxygen atoms in total. The highest BCUT2D eigenvalue weighted by atomic mass is 16.3. The van der Waals surface area contributed by atoms with E-state index in [4.69, 9.17) is 0 Å². The Labute approximate surface area is 90.9 Å². The number of aliphatic hydroxyl groups excluding tert-OH is 1. The number of hydrogen-bond donors (Lipinski definition) is 3. The molecule has 0 amide bonds. The van der Waals surface area contributed by atoms with Crippen molar-refractivity contribution in [3.8, 4) is 0 Å². The van der Waals surface area contributed by atoms with Gasteiger partial charge in [0.15, 0.2) is 0 Å². The maximum absolute atomic E-state index is 9.43. The van der Waals surface area contributed by atoms with E-state index in [1.807, 2.05) is 12.3 Å². The zero-order valence-corrected chi connectivity index (χ0v) is 9.13. The van der Waals surface area contributed by atoms with Crippen molar-refractivity contribution >= 4 is 0 Å². The van der Waals surface area contributed by atoms with Gasteiger partial charge >= 0.3 is 0 Å². The van der Waals surface area contributed by atoms with Crippen LogP contribution >= 0.6 is 0 Å². The minimum absolute atomic E-state index is 0.159. The van der Waals surface area contributed by atoms with Gasteiger partial charge in [0.2, 0.25) is 0 Å². The van der Waals surface area contributed by atoms with Gasteiger partial charge in [-0.3, -0.25) is 0 Å². The smallest absolute Gasteiger partial charge is 0.0499 e. The van der Waals surface area contributed by atoms with Crippen molar-refractivity contribution in [2.45, 2.75) is 32.2 Å². The first-order chi connectivity index (χ1) is 7.35. The van der Waals surface area contributed by atoms with E-state index in [2.05, 4.69) is 16.4 Å². The predicted molar refractivity (Wildman–Crippen MR) is 60.5 cm³/mol. The van der Waals surface area contributed by atoms with Crippen LogP contribution in [0.4, 0.5) is 0 Å². The van der Waals surface area contributed by atoms with Gasteiger partial charge in [-0.25, -0.2) is 0 Å². The van der Waals surface area contributed by atoms with Gasteiger partial charge in [-0.1, -0.05) is 12.8 Å². The number of aromatic amines is 1. The predicted octanol–water partition coefficient (Wildman–Crippen LogP) is 1.66. The van der Waals surface area contributed by atoms with Crippen molar-refractivity contribution in [1.29, 1.82) is 0 Å². The Kier molecular flexibility index (Phi) is 3.44. The second-order valence-corrected chi connectivity index (χ2v) is 4.66. The summed E-state index contributed by atoms with van der Waals surface area (Å²) in [6.45, 7) is 2.13. The Morgan fingerprint density at radius 3 is 2.80 bits per heavy atom. The van der Waals surface area contributed by atoms with Crippen LogP contribution in [0.25, 0.3) is 0 Å². The van der Waals surface area contributed by atoms with Gasteiger partial charge in [0.05, 0.1) is 0 Å². The maximum atomic E-state index is 9.43. The fourth-order valence-electron chi connectivity index (χ4n) is 2.46. The van der Waals surface area contributed by atoms with Crippen molar-refractivity contribution in [1.82, 2.24) is 10.3 Å². The lowest BCUT2D eigenvalue weighted by Gasteiger charge is -2.26. The number of aromatic nitrogens is 1. The van der Waals surface area contributed by atoms with Crippen molar-refractivity contribution < 1.29 is 5.11 Å². The molecule has 0 radical (unpaired) electrons. The lowest BCUT2D eigenvalue weighted by molar-refractivity contribution is 0.128. The van der Waals surface area contributed by atoms with Crippen molar-refractivity contribution in [2.75, 3.05) is 13.2 Å². The molecule has 1 aromatic rings. The molecule has 0 aliphatic heterocycles. The Hall–Kier alpha value is -0.800. The normalized spacial score (nSPS) is 19.5. The Morgan fingerprint density at radius 1 is 1.40 bits per heavy atom. The number of H-pyrrole nitrogens is 1. The fraction of sp³-hybridized carbons (Fsp3) is 0.667. The number of hydrogen-bond acceptors (Lipinski definition) is 2. The largest absolute Gasteiger partial charge is 0.396 e. The van der Waals surface area contributed by atoms with Crippen LogP contribution in [0.15, 0.2) is 18.3 Å². The second kappa shape index (κ2) is 4.81. The SMILES string of the molecule is OCC1(CNCc2ccc[nH]2)CCCC1. The van der Waals surface area contributed by atoms with Gasteiger partial charge in [0, 0.05) is 37.0 Å². The molecule has 1 aliphatic carbocycles. The first kappa shape index (κ1) is 10.7. The van der Waals surface area contributed by atoms with Crippen LogP contribution in [0.2, 0.25) is 0 Å². The van der Waals surface area contributed by atoms with E-state index in [0.29, 0.717) is 6.61 Å². The van der Waals surface area contributed by atoms with Gasteiger partial charge < -0.3 is 15.4 Å². The summed E-state index contributed by atoms with van der Waals surface area (Å²) in [5.41, 5.74) is 1.37. The molecule has 0 saturated heterocycles. The summed E-state index contributed by atoms with van der Waals surface area (Å²) < 4.78 is 0. The topological polar surface area (TPSA) is 48.0 Å². The quantitative estimate of drug-likeness (QED) is 0.689. The monoisotopic (exact) mass is 208 g/mol. The summed E-state index contributed by atoms with van der Waals surface area (Å²) in [6.07, 6.45) is 6.81. The summed E-state index contributed by atoms with van der Waals surface area (Å²) in [4.78, 5) is 3.17. The van der Waals surface area contributed by atoms with Crippen LogP contribution in [-0.4, -0.2) is 23.2 Å². The summed E-state index contributed by atoms with van der Waals surface area (Å²) in [7, 11) is 0. The van der Waals surface area contributed by atoms with Crippen LogP contribution in [0.3, 0.4) is 0 Å². The van der Waals surface area contributed by atoms with Crippen molar-refractivity contribution in [3.63, 3.8) is 0 Å². The highest BCUT2D eigenvalue weighted by molar-refractivity contribution is 5.03. The molecule has 0 atom stereocenters. The molecule has 0 spiro atoms. The van der Waals surface area contributed by atoms with Crippen LogP contribution in [0, 0.1) is 5.41 Å². The number of rotatable bonds is 5. The van der Waals surface area contributed by atoms with E-state index in [0.717, 1.165) is 13.1 Å². The van der Waals surface area contributed by atoms with Crippen LogP contribution in [-0.2, 0) is 6.54 Å². The van der Waals surface area contributed by atoms with Gasteiger partial charge in [-0.15, -0.1) is 0 Å². The average molecular weight is 208 g/mol. The first-order valence-electron chi connectivity index (χ1n) is 5.79. The molecule has 1 heterocycles. The Bertz CT molecular complexity index is 276. The lowest BCUT2D eigenvalue weighted by atomic mass is 9.87. The van der Waals surface area contributed by atoms with Crippen LogP contribution < -0.4 is 5.32 Å². The summed E-state index contributed by atoms with van der Waals surface area (Å²) >= 11 is 0. The molecular formula is C12H20N2O. The molecule has 1 aliphatic rings. The highest BCUT2D eigenvalue weighted by Crippen LogP contribution is 2.36. The molecule has 0 bridgehead atoms. The zero-order chi connectivity index (χ0) is 10.6. The van der Waals surface area contributed by atoms with Gasteiger partial charge in [0.25, 0.3) is 0 Å². The van der Waals surface area contributed by atoms with E-state index in [1.54, 1.807) is 0 Å². The van der Waals surface area contributed by atoms with E-state index in [9.17, 15) is 5.11 Å². The molecule has 1 saturated carbocycles. The molecule has 0 unspecified atom stereocenters. The molecule has 1 fully saturated rings. The Balaban J connectivity index is 1.77. The van der Waals surface area contributed by atoms with Crippen molar-refractivity contribution in [3.05, 3.63) is 24.0 Å². The van der Waals surface area contributed by atoms with Crippen LogP contribution in [0.1, 0.15) is 31.4 Å². The molecular weight excluding hydrogens is 188 g/mol. The van der Waals surface area contributed by atoms with Gasteiger partial charge in [-0.05, 0) is 25.0 Å². The molecule has 84 valence electrons. The minimum atomic E-state index is 0.159. The minimum Gasteiger partial charge on any atom is -0.396 e. The third kappa shape index (κ3) is 2.61. The summed E-state index contributed by atoms with van der Waals surface area (Å²) in [5.74, 6) is 0. The van der Waals surface area contributed by atoms with E-state index < -0.39 is 0 Å². The van der Waals surface area contributed by atoms with Crippen molar-refractivity contribution in [2.24, 2.45) is 5.41 Å². The first-order valence-corrected chi connectivity index (χ1v) is 5.79. The summed E-state index contributed by atoms with van der Waals surface area (Å²) in [6, 6.07) is 4.08. The zero-order valence-electron chi connectivity index (χ0n) is 9.13. The second-order valence-electron chi connectivity index (χ2n) is 4.66. The number of aliphatic hydroxyl groups is 1. The van der Waals surface area contributed by atoms with E-state index in [-0.39, 0.29) is 5.41 Å². The third-order valence-corrected chi connectivity index (χ3v) is 3.48. The molecule has 2 rings (SSSR count). The standard InChI is InChI=1S/C12H20N2O/c15-10-12(5-1-2-6-12)9-13-8-11-4-3-7-14-11/h3-4,7,13-15H,1-2,5-6,8-10H2. The van der Waals surface area contributed by atoms with Gasteiger partial charge in [0.1, 0.15) is 0 Å². The van der Waals surface area contributed by atoms with E-state index in [1.165, 1.54) is 31.4 Å². The summed E-state index contributed by atoms with van der Waals surface area (Å²) in [5, 5.41) is 12.9.